The van der Waals surface area contributed by atoms with Gasteiger partial charge in [0, 0.05) is 37.1 Å². The Morgan fingerprint density at radius 1 is 1.10 bits per heavy atom. The van der Waals surface area contributed by atoms with Crippen LogP contribution in [-0.4, -0.2) is 60.3 Å². The zero-order valence-electron chi connectivity index (χ0n) is 23.4. The van der Waals surface area contributed by atoms with Crippen molar-refractivity contribution in [1.29, 1.82) is 0 Å². The van der Waals surface area contributed by atoms with Crippen LogP contribution in [0.3, 0.4) is 0 Å². The van der Waals surface area contributed by atoms with Crippen molar-refractivity contribution in [1.82, 2.24) is 4.90 Å². The average molecular weight is 567 g/mol. The van der Waals surface area contributed by atoms with Gasteiger partial charge in [0.1, 0.15) is 5.75 Å². The molecule has 0 aromatic heterocycles. The second-order valence-electron chi connectivity index (χ2n) is 11.7. The highest BCUT2D eigenvalue weighted by Gasteiger charge is 2.49. The molecule has 2 aromatic carbocycles. The van der Waals surface area contributed by atoms with E-state index in [-0.39, 0.29) is 11.0 Å². The molecule has 1 aliphatic carbocycles. The van der Waals surface area contributed by atoms with Crippen molar-refractivity contribution in [2.45, 2.75) is 62.9 Å². The fourth-order valence-electron chi connectivity index (χ4n) is 6.64. The molecule has 3 aliphatic rings. The van der Waals surface area contributed by atoms with Gasteiger partial charge in [-0.25, -0.2) is 4.79 Å². The predicted octanol–water partition coefficient (Wildman–Crippen LogP) is 5.31. The lowest BCUT2D eigenvalue weighted by atomic mass is 9.70. The van der Waals surface area contributed by atoms with Crippen molar-refractivity contribution >= 4 is 29.2 Å². The number of aliphatic hydroxyl groups is 1. The van der Waals surface area contributed by atoms with E-state index in [4.69, 9.17) is 16.3 Å². The van der Waals surface area contributed by atoms with E-state index in [0.29, 0.717) is 25.4 Å². The molecule has 2 aliphatic heterocycles. The van der Waals surface area contributed by atoms with E-state index in [0.717, 1.165) is 62.2 Å². The van der Waals surface area contributed by atoms with Gasteiger partial charge in [-0.05, 0) is 86.4 Å². The maximum absolute atomic E-state index is 13.3. The highest BCUT2D eigenvalue weighted by Crippen LogP contribution is 2.46. The number of anilines is 1. The first-order valence-electron chi connectivity index (χ1n) is 14.3. The third-order valence-electron chi connectivity index (χ3n) is 9.02. The Morgan fingerprint density at radius 3 is 2.73 bits per heavy atom. The van der Waals surface area contributed by atoms with Gasteiger partial charge < -0.3 is 24.7 Å². The Morgan fingerprint density at radius 2 is 1.93 bits per heavy atom. The minimum Gasteiger partial charge on any atom is -0.490 e. The van der Waals surface area contributed by atoms with Gasteiger partial charge in [-0.2, -0.15) is 0 Å². The standard InChI is InChI=1S/C32H39ClN2O5/c1-22-29(36)34(2)16-7-5-3-4-6-8-17-35-20-31(15-9-10-23-18-25(33)12-13-26(23)31)21-40-28-14-11-24(19-27(28)35)32(22,39)30(37)38/h5,7,11-14,18-19,22,39H,3-4,6,8-10,15-17,20-21H2,1-2H3,(H,37,38)/b7-5-/t22-,31+,32-/m1/s1. The predicted molar refractivity (Wildman–Crippen MR) is 156 cm³/mol. The number of rotatable bonds is 1. The van der Waals surface area contributed by atoms with Crippen LogP contribution in [0.4, 0.5) is 5.69 Å². The Hall–Kier alpha value is -3.03. The monoisotopic (exact) mass is 566 g/mol. The molecule has 8 heteroatoms. The van der Waals surface area contributed by atoms with Gasteiger partial charge in [0.2, 0.25) is 5.91 Å². The molecule has 2 N–H and O–H groups in total. The summed E-state index contributed by atoms with van der Waals surface area (Å²) in [6.45, 7) is 3.83. The van der Waals surface area contributed by atoms with Crippen molar-refractivity contribution in [2.75, 3.05) is 38.2 Å². The second kappa shape index (κ2) is 11.5. The summed E-state index contributed by atoms with van der Waals surface area (Å²) in [5.74, 6) is -2.42. The molecule has 0 saturated carbocycles. The molecule has 40 heavy (non-hydrogen) atoms. The minimum absolute atomic E-state index is 0.177. The van der Waals surface area contributed by atoms with E-state index in [2.05, 4.69) is 23.1 Å². The number of benzene rings is 2. The van der Waals surface area contributed by atoms with Crippen molar-refractivity contribution in [3.63, 3.8) is 0 Å². The van der Waals surface area contributed by atoms with Gasteiger partial charge in [-0.15, -0.1) is 0 Å². The number of aryl methyl sites for hydroxylation is 1. The zero-order valence-corrected chi connectivity index (χ0v) is 24.1. The van der Waals surface area contributed by atoms with Gasteiger partial charge >= 0.3 is 5.97 Å². The number of hydrogen-bond donors (Lipinski definition) is 2. The molecule has 1 amide bonds. The van der Waals surface area contributed by atoms with Crippen LogP contribution in [0.5, 0.6) is 5.75 Å². The normalized spacial score (nSPS) is 28.4. The molecule has 0 radical (unpaired) electrons. The van der Waals surface area contributed by atoms with Crippen LogP contribution in [0.2, 0.25) is 5.02 Å². The van der Waals surface area contributed by atoms with E-state index in [9.17, 15) is 19.8 Å². The average Bonchev–Trinajstić information content (AvgIpc) is 3.09. The van der Waals surface area contributed by atoms with Crippen LogP contribution in [0, 0.1) is 5.92 Å². The summed E-state index contributed by atoms with van der Waals surface area (Å²) in [6, 6.07) is 11.2. The summed E-state index contributed by atoms with van der Waals surface area (Å²) >= 11 is 6.36. The van der Waals surface area contributed by atoms with Crippen LogP contribution >= 0.6 is 11.6 Å². The molecule has 2 aromatic rings. The molecule has 214 valence electrons. The summed E-state index contributed by atoms with van der Waals surface area (Å²) < 4.78 is 6.50. The van der Waals surface area contributed by atoms with Gasteiger partial charge in [-0.1, -0.05) is 42.3 Å². The molecule has 1 spiro atoms. The Bertz CT molecular complexity index is 1310. The number of carboxylic acids is 1. The van der Waals surface area contributed by atoms with Gasteiger partial charge in [-0.3, -0.25) is 4.79 Å². The number of carbonyl (C=O) groups is 2. The molecule has 7 nitrogen and oxygen atoms in total. The van der Waals surface area contributed by atoms with Crippen molar-refractivity contribution in [2.24, 2.45) is 5.92 Å². The van der Waals surface area contributed by atoms with Crippen LogP contribution in [0.25, 0.3) is 0 Å². The number of allylic oxidation sites excluding steroid dienone is 1. The molecule has 0 saturated heterocycles. The van der Waals surface area contributed by atoms with E-state index in [1.54, 1.807) is 25.2 Å². The molecule has 2 heterocycles. The third kappa shape index (κ3) is 5.21. The molecule has 2 bridgehead atoms. The molecule has 0 fully saturated rings. The van der Waals surface area contributed by atoms with Crippen LogP contribution in [-0.2, 0) is 27.0 Å². The highest BCUT2D eigenvalue weighted by molar-refractivity contribution is 6.30. The first-order chi connectivity index (χ1) is 19.2. The quantitative estimate of drug-likeness (QED) is 0.455. The first kappa shape index (κ1) is 28.5. The summed E-state index contributed by atoms with van der Waals surface area (Å²) in [7, 11) is 1.63. The second-order valence-corrected chi connectivity index (χ2v) is 12.1. The lowest BCUT2D eigenvalue weighted by Gasteiger charge is -2.41. The summed E-state index contributed by atoms with van der Waals surface area (Å²) in [4.78, 5) is 29.7. The van der Waals surface area contributed by atoms with E-state index < -0.39 is 23.4 Å². The molecular weight excluding hydrogens is 528 g/mol. The number of likely N-dealkylation sites (N-methyl/N-ethyl adjacent to an activating group) is 1. The van der Waals surface area contributed by atoms with Crippen LogP contribution in [0.15, 0.2) is 48.6 Å². The number of fused-ring (bicyclic) bond motifs is 3. The Balaban J connectivity index is 1.60. The third-order valence-corrected chi connectivity index (χ3v) is 9.26. The molecule has 5 rings (SSSR count). The molecule has 0 unspecified atom stereocenters. The summed E-state index contributed by atoms with van der Waals surface area (Å²) in [5, 5.41) is 22.7. The maximum Gasteiger partial charge on any atom is 0.341 e. The van der Waals surface area contributed by atoms with E-state index >= 15 is 0 Å². The zero-order chi connectivity index (χ0) is 28.5. The maximum atomic E-state index is 13.3. The van der Waals surface area contributed by atoms with Crippen LogP contribution in [0.1, 0.15) is 62.1 Å². The number of carboxylic acid groups (broad SMARTS) is 1. The Labute approximate surface area is 241 Å². The van der Waals surface area contributed by atoms with Gasteiger partial charge in [0.25, 0.3) is 0 Å². The van der Waals surface area contributed by atoms with Gasteiger partial charge in [0.05, 0.1) is 18.2 Å². The number of ether oxygens (including phenoxy) is 1. The number of aliphatic carboxylic acids is 1. The molecule has 3 atom stereocenters. The van der Waals surface area contributed by atoms with Crippen molar-refractivity contribution in [3.8, 4) is 5.75 Å². The van der Waals surface area contributed by atoms with Crippen molar-refractivity contribution in [3.05, 3.63) is 70.3 Å². The van der Waals surface area contributed by atoms with E-state index in [1.165, 1.54) is 23.0 Å². The first-order valence-corrected chi connectivity index (χ1v) is 14.7. The Kier molecular flexibility index (Phi) is 8.16. The van der Waals surface area contributed by atoms with Gasteiger partial charge in [0.15, 0.2) is 5.60 Å². The summed E-state index contributed by atoms with van der Waals surface area (Å²) in [6.07, 6.45) is 11.0. The fourth-order valence-corrected chi connectivity index (χ4v) is 6.83. The molecular formula is C32H39ClN2O5. The number of carbonyl (C=O) groups excluding carboxylic acids is 1. The van der Waals surface area contributed by atoms with E-state index in [1.807, 2.05) is 12.1 Å². The fraction of sp³-hybridized carbons (Fsp3) is 0.500. The lowest BCUT2D eigenvalue weighted by molar-refractivity contribution is -0.172. The topological polar surface area (TPSA) is 90.3 Å². The lowest BCUT2D eigenvalue weighted by Crippen LogP contribution is -2.49. The van der Waals surface area contributed by atoms with Crippen molar-refractivity contribution < 1.29 is 24.5 Å². The highest BCUT2D eigenvalue weighted by atomic mass is 35.5. The smallest absolute Gasteiger partial charge is 0.341 e. The largest absolute Gasteiger partial charge is 0.490 e. The number of amides is 1. The number of hydrogen-bond acceptors (Lipinski definition) is 5. The number of nitrogens with zero attached hydrogens (tertiary/aromatic N) is 2. The van der Waals surface area contributed by atoms with Crippen LogP contribution < -0.4 is 9.64 Å². The number of halogens is 1. The SMILES string of the molecule is C[C@@H]1C(=O)N(C)C/C=C\CCCCCN2C[C@@]3(CCCc4cc(Cl)ccc43)COc3ccc(cc32)[C@@]1(O)C(=O)O. The summed E-state index contributed by atoms with van der Waals surface area (Å²) in [5.41, 5.74) is 0.817. The minimum atomic E-state index is -2.40.